The minimum Gasteiger partial charge on any atom is -0.324 e. The van der Waals surface area contributed by atoms with Crippen LogP contribution in [0.3, 0.4) is 0 Å². The second-order valence-corrected chi connectivity index (χ2v) is 2.53. The molecule has 0 fully saturated rings. The topological polar surface area (TPSA) is 0 Å². The maximum atomic E-state index is 2.20. The minimum atomic E-state index is 0.584. The number of hydrogen-bond acceptors (Lipinski definition) is 0. The summed E-state index contributed by atoms with van der Waals surface area (Å²) in [7, 11) is 0. The maximum Gasteiger partial charge on any atom is -0.0614 e. The van der Waals surface area contributed by atoms with Crippen LogP contribution in [0.25, 0.3) is 0 Å². The van der Waals surface area contributed by atoms with Crippen LogP contribution in [0.15, 0.2) is 30.3 Å². The van der Waals surface area contributed by atoms with Gasteiger partial charge in [0.15, 0.2) is 0 Å². The van der Waals surface area contributed by atoms with Gasteiger partial charge in [-0.3, -0.25) is 0 Å². The van der Waals surface area contributed by atoms with E-state index in [1.807, 2.05) is 6.07 Å². The SMILES string of the molecule is C[CH-]C(C)c1ccccc1. The smallest absolute Gasteiger partial charge is 0.0614 e. The summed E-state index contributed by atoms with van der Waals surface area (Å²) in [6.45, 7) is 4.30. The maximum absolute atomic E-state index is 2.20. The molecule has 0 amide bonds. The van der Waals surface area contributed by atoms with Crippen LogP contribution in [0.2, 0.25) is 0 Å². The number of benzene rings is 1. The van der Waals surface area contributed by atoms with Crippen LogP contribution in [0.1, 0.15) is 25.3 Å². The van der Waals surface area contributed by atoms with Crippen molar-refractivity contribution in [3.8, 4) is 0 Å². The molecule has 10 heavy (non-hydrogen) atoms. The molecule has 0 spiro atoms. The summed E-state index contributed by atoms with van der Waals surface area (Å²) < 4.78 is 0. The molecule has 0 heteroatoms. The van der Waals surface area contributed by atoms with E-state index in [4.69, 9.17) is 0 Å². The Morgan fingerprint density at radius 3 is 2.30 bits per heavy atom. The highest BCUT2D eigenvalue weighted by Crippen LogP contribution is 2.15. The molecule has 1 atom stereocenters. The lowest BCUT2D eigenvalue weighted by molar-refractivity contribution is 0.887. The molecule has 1 aromatic carbocycles. The van der Waals surface area contributed by atoms with E-state index in [0.29, 0.717) is 5.92 Å². The Hall–Kier alpha value is -0.780. The Labute approximate surface area is 62.9 Å². The first-order chi connectivity index (χ1) is 4.84. The predicted octanol–water partition coefficient (Wildman–Crippen LogP) is 3.01. The van der Waals surface area contributed by atoms with Crippen molar-refractivity contribution in [2.75, 3.05) is 0 Å². The van der Waals surface area contributed by atoms with E-state index in [0.717, 1.165) is 0 Å². The van der Waals surface area contributed by atoms with Crippen molar-refractivity contribution in [3.63, 3.8) is 0 Å². The third-order valence-electron chi connectivity index (χ3n) is 1.83. The first kappa shape index (κ1) is 7.33. The van der Waals surface area contributed by atoms with Crippen molar-refractivity contribution in [2.45, 2.75) is 19.8 Å². The molecule has 0 saturated carbocycles. The van der Waals surface area contributed by atoms with Crippen LogP contribution >= 0.6 is 0 Å². The van der Waals surface area contributed by atoms with E-state index < -0.39 is 0 Å². The third kappa shape index (κ3) is 1.60. The van der Waals surface area contributed by atoms with Gasteiger partial charge in [-0.05, 0) is 0 Å². The fourth-order valence-electron chi connectivity index (χ4n) is 0.949. The average molecular weight is 133 g/mol. The van der Waals surface area contributed by atoms with Crippen molar-refractivity contribution in [2.24, 2.45) is 0 Å². The average Bonchev–Trinajstić information content (AvgIpc) is 2.05. The monoisotopic (exact) mass is 133 g/mol. The zero-order valence-corrected chi connectivity index (χ0v) is 6.54. The summed E-state index contributed by atoms with van der Waals surface area (Å²) in [6, 6.07) is 10.5. The first-order valence-electron chi connectivity index (χ1n) is 3.69. The molecule has 0 nitrogen and oxygen atoms in total. The van der Waals surface area contributed by atoms with Gasteiger partial charge in [0.2, 0.25) is 0 Å². The van der Waals surface area contributed by atoms with Crippen LogP contribution < -0.4 is 0 Å². The first-order valence-corrected chi connectivity index (χ1v) is 3.69. The van der Waals surface area contributed by atoms with Crippen molar-refractivity contribution >= 4 is 0 Å². The Morgan fingerprint density at radius 2 is 1.80 bits per heavy atom. The Morgan fingerprint density at radius 1 is 1.20 bits per heavy atom. The summed E-state index contributed by atoms with van der Waals surface area (Å²) >= 11 is 0. The van der Waals surface area contributed by atoms with Gasteiger partial charge in [0.05, 0.1) is 0 Å². The molecule has 0 heterocycles. The molecule has 0 radical (unpaired) electrons. The highest BCUT2D eigenvalue weighted by molar-refractivity contribution is 5.20. The van der Waals surface area contributed by atoms with Gasteiger partial charge in [0.1, 0.15) is 0 Å². The van der Waals surface area contributed by atoms with E-state index in [1.54, 1.807) is 0 Å². The van der Waals surface area contributed by atoms with Crippen molar-refractivity contribution in [1.29, 1.82) is 0 Å². The molecule has 0 aliphatic rings. The zero-order valence-electron chi connectivity index (χ0n) is 6.54. The fourth-order valence-corrected chi connectivity index (χ4v) is 0.949. The molecule has 1 unspecified atom stereocenters. The standard InChI is InChI=1S/C10H13/c1-3-9(2)10-7-5-4-6-8-10/h3-9H,1-2H3/q-1. The molecule has 0 aliphatic carbocycles. The summed E-state index contributed by atoms with van der Waals surface area (Å²) in [5.74, 6) is 0.584. The lowest BCUT2D eigenvalue weighted by atomic mass is 9.99. The van der Waals surface area contributed by atoms with Gasteiger partial charge in [-0.25, -0.2) is 0 Å². The summed E-state index contributed by atoms with van der Waals surface area (Å²) in [4.78, 5) is 0. The molecule has 0 aliphatic heterocycles. The highest BCUT2D eigenvalue weighted by atomic mass is 14.0. The molecular weight excluding hydrogens is 120 g/mol. The van der Waals surface area contributed by atoms with Crippen LogP contribution in [-0.4, -0.2) is 0 Å². The number of hydrogen-bond donors (Lipinski definition) is 0. The van der Waals surface area contributed by atoms with Crippen molar-refractivity contribution < 1.29 is 0 Å². The quantitative estimate of drug-likeness (QED) is 0.544. The zero-order chi connectivity index (χ0) is 7.40. The normalized spacial score (nSPS) is 13.0. The molecule has 0 aromatic heterocycles. The fraction of sp³-hybridized carbons (Fsp3) is 0.300. The third-order valence-corrected chi connectivity index (χ3v) is 1.83. The second kappa shape index (κ2) is 3.40. The molecule has 54 valence electrons. The Bertz CT molecular complexity index is 176. The van der Waals surface area contributed by atoms with Gasteiger partial charge in [0.25, 0.3) is 0 Å². The van der Waals surface area contributed by atoms with Gasteiger partial charge >= 0.3 is 0 Å². The van der Waals surface area contributed by atoms with Crippen LogP contribution in [0.4, 0.5) is 0 Å². The van der Waals surface area contributed by atoms with Gasteiger partial charge in [-0.1, -0.05) is 42.8 Å². The van der Waals surface area contributed by atoms with Crippen LogP contribution in [-0.2, 0) is 0 Å². The second-order valence-electron chi connectivity index (χ2n) is 2.53. The van der Waals surface area contributed by atoms with Gasteiger partial charge in [0, 0.05) is 0 Å². The summed E-state index contributed by atoms with van der Waals surface area (Å²) in [5.41, 5.74) is 1.39. The lowest BCUT2D eigenvalue weighted by Crippen LogP contribution is -1.89. The van der Waals surface area contributed by atoms with Crippen molar-refractivity contribution in [3.05, 3.63) is 42.3 Å². The Kier molecular flexibility index (Phi) is 2.49. The van der Waals surface area contributed by atoms with E-state index in [9.17, 15) is 0 Å². The molecular formula is C10H13-. The molecule has 1 rings (SSSR count). The lowest BCUT2D eigenvalue weighted by Gasteiger charge is -2.16. The molecule has 0 bridgehead atoms. The van der Waals surface area contributed by atoms with E-state index in [2.05, 4.69) is 44.5 Å². The summed E-state index contributed by atoms with van der Waals surface area (Å²) in [5, 5.41) is 0. The van der Waals surface area contributed by atoms with Crippen LogP contribution in [0.5, 0.6) is 0 Å². The van der Waals surface area contributed by atoms with E-state index in [1.165, 1.54) is 5.56 Å². The largest absolute Gasteiger partial charge is 0.324 e. The van der Waals surface area contributed by atoms with E-state index in [-0.39, 0.29) is 0 Å². The van der Waals surface area contributed by atoms with Crippen LogP contribution in [0, 0.1) is 6.42 Å². The van der Waals surface area contributed by atoms with Crippen molar-refractivity contribution in [1.82, 2.24) is 0 Å². The predicted molar refractivity (Wildman–Crippen MR) is 44.8 cm³/mol. The van der Waals surface area contributed by atoms with E-state index >= 15 is 0 Å². The van der Waals surface area contributed by atoms with Gasteiger partial charge < -0.3 is 6.42 Å². The Balaban J connectivity index is 2.75. The number of rotatable bonds is 2. The molecule has 1 aromatic rings. The summed E-state index contributed by atoms with van der Waals surface area (Å²) in [6.07, 6.45) is 2.20. The molecule has 0 N–H and O–H groups in total. The highest BCUT2D eigenvalue weighted by Gasteiger charge is 1.90. The van der Waals surface area contributed by atoms with Gasteiger partial charge in [-0.2, -0.15) is 6.92 Å². The molecule has 0 saturated heterocycles. The minimum absolute atomic E-state index is 0.584. The van der Waals surface area contributed by atoms with Gasteiger partial charge in [-0.15, -0.1) is 5.92 Å².